The number of nitrogens with one attached hydrogen (secondary N) is 2. The molecule has 0 radical (unpaired) electrons. The predicted molar refractivity (Wildman–Crippen MR) is 142 cm³/mol. The summed E-state index contributed by atoms with van der Waals surface area (Å²) in [4.78, 5) is 29.0. The molecule has 2 aromatic heterocycles. The average Bonchev–Trinajstić information content (AvgIpc) is 3.32. The van der Waals surface area contributed by atoms with Gasteiger partial charge in [-0.2, -0.15) is 14.6 Å². The fourth-order valence-corrected chi connectivity index (χ4v) is 3.94. The van der Waals surface area contributed by atoms with Crippen LogP contribution >= 0.6 is 0 Å². The number of nitrogens with zero attached hydrogens (tertiary/aromatic N) is 6. The first-order valence-electron chi connectivity index (χ1n) is 11.8. The number of carbonyl (C=O) groups excluding carboxylic acids is 1. The van der Waals surface area contributed by atoms with Gasteiger partial charge in [0, 0.05) is 24.0 Å². The van der Waals surface area contributed by atoms with Crippen LogP contribution in [0, 0.1) is 0 Å². The molecule has 36 heavy (non-hydrogen) atoms. The summed E-state index contributed by atoms with van der Waals surface area (Å²) in [5.41, 5.74) is 2.11. The van der Waals surface area contributed by atoms with E-state index in [0.717, 1.165) is 35.5 Å². The van der Waals surface area contributed by atoms with E-state index >= 15 is 0 Å². The molecule has 0 unspecified atom stereocenters. The molecule has 0 bridgehead atoms. The summed E-state index contributed by atoms with van der Waals surface area (Å²) in [5, 5.41) is 11.5. The Labute approximate surface area is 208 Å². The third kappa shape index (κ3) is 4.72. The maximum atomic E-state index is 12.7. The van der Waals surface area contributed by atoms with Crippen LogP contribution < -0.4 is 15.5 Å². The van der Waals surface area contributed by atoms with Crippen molar-refractivity contribution in [2.45, 2.75) is 13.8 Å². The van der Waals surface area contributed by atoms with E-state index in [1.54, 1.807) is 16.8 Å². The van der Waals surface area contributed by atoms with E-state index in [1.807, 2.05) is 72.8 Å². The number of amides is 1. The van der Waals surface area contributed by atoms with Crippen molar-refractivity contribution < 1.29 is 4.79 Å². The third-order valence-corrected chi connectivity index (χ3v) is 5.74. The third-order valence-electron chi connectivity index (χ3n) is 5.74. The lowest BCUT2D eigenvalue weighted by Gasteiger charge is -2.22. The van der Waals surface area contributed by atoms with Crippen LogP contribution in [0.3, 0.4) is 0 Å². The second-order valence-electron chi connectivity index (χ2n) is 8.01. The molecule has 0 aliphatic carbocycles. The van der Waals surface area contributed by atoms with E-state index in [1.165, 1.54) is 0 Å². The van der Waals surface area contributed by atoms with Gasteiger partial charge in [0.2, 0.25) is 11.9 Å². The quantitative estimate of drug-likeness (QED) is 0.322. The highest BCUT2D eigenvalue weighted by molar-refractivity contribution is 6.03. The standard InChI is InChI=1S/C27H26N8O/c1-3-34(4-2)23-21-17-11-12-18-22(21)28-25(29-23)31-27-32-26(30-24(36)19-13-7-5-8-14-19)33-35(27)20-15-9-6-10-16-20/h5-18H,3-4H2,1-2H3,(H2,28,29,30,31,32,33,36). The zero-order valence-corrected chi connectivity index (χ0v) is 20.1. The highest BCUT2D eigenvalue weighted by Crippen LogP contribution is 2.27. The monoisotopic (exact) mass is 478 g/mol. The molecule has 2 N–H and O–H groups in total. The van der Waals surface area contributed by atoms with Gasteiger partial charge in [0.15, 0.2) is 0 Å². The fraction of sp³-hybridized carbons (Fsp3) is 0.148. The van der Waals surface area contributed by atoms with Crippen molar-refractivity contribution in [2.24, 2.45) is 0 Å². The van der Waals surface area contributed by atoms with E-state index in [0.29, 0.717) is 17.5 Å². The Balaban J connectivity index is 1.54. The van der Waals surface area contributed by atoms with Crippen molar-refractivity contribution >= 4 is 40.5 Å². The van der Waals surface area contributed by atoms with E-state index in [9.17, 15) is 4.79 Å². The highest BCUT2D eigenvalue weighted by atomic mass is 16.1. The Kier molecular flexibility index (Phi) is 6.53. The van der Waals surface area contributed by atoms with Crippen molar-refractivity contribution in [3.63, 3.8) is 0 Å². The van der Waals surface area contributed by atoms with Crippen LogP contribution in [0.25, 0.3) is 16.6 Å². The van der Waals surface area contributed by atoms with Crippen molar-refractivity contribution in [3.8, 4) is 5.69 Å². The second-order valence-corrected chi connectivity index (χ2v) is 8.01. The van der Waals surface area contributed by atoms with Gasteiger partial charge in [-0.3, -0.25) is 15.4 Å². The summed E-state index contributed by atoms with van der Waals surface area (Å²) in [6, 6.07) is 26.4. The molecule has 0 fully saturated rings. The van der Waals surface area contributed by atoms with Crippen LogP contribution in [0.2, 0.25) is 0 Å². The molecule has 0 aliphatic heterocycles. The lowest BCUT2D eigenvalue weighted by atomic mass is 10.2. The largest absolute Gasteiger partial charge is 0.356 e. The second kappa shape index (κ2) is 10.2. The molecule has 5 aromatic rings. The number of para-hydroxylation sites is 2. The Morgan fingerprint density at radius 3 is 2.19 bits per heavy atom. The molecule has 0 saturated heterocycles. The smallest absolute Gasteiger partial charge is 0.258 e. The molecule has 0 spiro atoms. The van der Waals surface area contributed by atoms with Crippen molar-refractivity contribution in [2.75, 3.05) is 28.6 Å². The van der Waals surface area contributed by atoms with Crippen molar-refractivity contribution in [3.05, 3.63) is 90.5 Å². The summed E-state index contributed by atoms with van der Waals surface area (Å²) in [7, 11) is 0. The lowest BCUT2D eigenvalue weighted by molar-refractivity contribution is 0.102. The minimum atomic E-state index is -0.293. The Morgan fingerprint density at radius 1 is 0.806 bits per heavy atom. The maximum Gasteiger partial charge on any atom is 0.258 e. The molecule has 9 nitrogen and oxygen atoms in total. The summed E-state index contributed by atoms with van der Waals surface area (Å²) in [6.07, 6.45) is 0. The van der Waals surface area contributed by atoms with Gasteiger partial charge in [-0.15, -0.1) is 5.10 Å². The molecule has 5 rings (SSSR count). The van der Waals surface area contributed by atoms with E-state index < -0.39 is 0 Å². The van der Waals surface area contributed by atoms with Gasteiger partial charge < -0.3 is 4.90 Å². The zero-order valence-electron chi connectivity index (χ0n) is 20.1. The molecule has 180 valence electrons. The minimum absolute atomic E-state index is 0.167. The molecule has 0 atom stereocenters. The molecule has 0 aliphatic rings. The molecule has 0 saturated carbocycles. The first kappa shape index (κ1) is 23.0. The SMILES string of the molecule is CCN(CC)c1nc(Nc2nc(NC(=O)c3ccccc3)nn2-c2ccccc2)nc2ccccc12. The summed E-state index contributed by atoms with van der Waals surface area (Å²) in [6.45, 7) is 5.82. The zero-order chi connectivity index (χ0) is 24.9. The van der Waals surface area contributed by atoms with Crippen LogP contribution in [-0.4, -0.2) is 43.7 Å². The van der Waals surface area contributed by atoms with Crippen molar-refractivity contribution in [1.82, 2.24) is 24.7 Å². The summed E-state index contributed by atoms with van der Waals surface area (Å²) < 4.78 is 1.62. The Hall–Kier alpha value is -4.79. The summed E-state index contributed by atoms with van der Waals surface area (Å²) in [5.74, 6) is 1.49. The van der Waals surface area contributed by atoms with Crippen LogP contribution in [0.1, 0.15) is 24.2 Å². The first-order valence-corrected chi connectivity index (χ1v) is 11.8. The van der Waals surface area contributed by atoms with Gasteiger partial charge in [-0.1, -0.05) is 48.5 Å². The number of hydrogen-bond donors (Lipinski definition) is 2. The maximum absolute atomic E-state index is 12.7. The van der Waals surface area contributed by atoms with Gasteiger partial charge in [0.05, 0.1) is 11.2 Å². The molecule has 2 heterocycles. The number of fused-ring (bicyclic) bond motifs is 1. The van der Waals surface area contributed by atoms with Crippen LogP contribution in [0.5, 0.6) is 0 Å². The van der Waals surface area contributed by atoms with Gasteiger partial charge in [0.1, 0.15) is 5.82 Å². The van der Waals surface area contributed by atoms with E-state index in [2.05, 4.69) is 39.5 Å². The fourth-order valence-electron chi connectivity index (χ4n) is 3.94. The topological polar surface area (TPSA) is 101 Å². The van der Waals surface area contributed by atoms with E-state index in [-0.39, 0.29) is 11.9 Å². The van der Waals surface area contributed by atoms with E-state index in [4.69, 9.17) is 9.97 Å². The Bertz CT molecular complexity index is 1480. The number of hydrogen-bond acceptors (Lipinski definition) is 7. The molecule has 9 heteroatoms. The number of anilines is 4. The first-order chi connectivity index (χ1) is 17.7. The Morgan fingerprint density at radius 2 is 1.47 bits per heavy atom. The van der Waals surface area contributed by atoms with Crippen LogP contribution in [-0.2, 0) is 0 Å². The number of benzene rings is 3. The highest BCUT2D eigenvalue weighted by Gasteiger charge is 2.18. The van der Waals surface area contributed by atoms with Crippen molar-refractivity contribution in [1.29, 1.82) is 0 Å². The lowest BCUT2D eigenvalue weighted by Crippen LogP contribution is -2.24. The van der Waals surface area contributed by atoms with Crippen LogP contribution in [0.15, 0.2) is 84.9 Å². The van der Waals surface area contributed by atoms with Crippen LogP contribution in [0.4, 0.5) is 23.7 Å². The minimum Gasteiger partial charge on any atom is -0.356 e. The van der Waals surface area contributed by atoms with Gasteiger partial charge in [0.25, 0.3) is 11.9 Å². The predicted octanol–water partition coefficient (Wildman–Crippen LogP) is 5.05. The average molecular weight is 479 g/mol. The number of carbonyl (C=O) groups is 1. The number of rotatable bonds is 8. The van der Waals surface area contributed by atoms with Gasteiger partial charge >= 0.3 is 0 Å². The molecule has 3 aromatic carbocycles. The van der Waals surface area contributed by atoms with Gasteiger partial charge in [-0.05, 0) is 50.2 Å². The van der Waals surface area contributed by atoms with Gasteiger partial charge in [-0.25, -0.2) is 4.98 Å². The number of aromatic nitrogens is 5. The molecular formula is C27H26N8O. The normalized spacial score (nSPS) is 10.8. The molecular weight excluding hydrogens is 452 g/mol. The molecule has 1 amide bonds. The summed E-state index contributed by atoms with van der Waals surface area (Å²) >= 11 is 0.